The molecule has 0 saturated carbocycles. The minimum atomic E-state index is -2.12. The number of anilines is 1. The number of fused-ring (bicyclic) bond motifs is 1. The quantitative estimate of drug-likeness (QED) is 0.416. The maximum Gasteiger partial charge on any atom is 0.326 e. The number of carboxylic acid groups (broad SMARTS) is 2. The first kappa shape index (κ1) is 21.1. The van der Waals surface area contributed by atoms with Crippen LogP contribution in [0.4, 0.5) is 5.69 Å². The van der Waals surface area contributed by atoms with E-state index >= 15 is 0 Å². The van der Waals surface area contributed by atoms with Crippen LogP contribution >= 0.6 is 0 Å². The third-order valence-electron chi connectivity index (χ3n) is 4.61. The lowest BCUT2D eigenvalue weighted by molar-refractivity contribution is -0.149. The maximum absolute atomic E-state index is 13.0. The smallest absolute Gasteiger partial charge is 0.326 e. The van der Waals surface area contributed by atoms with E-state index in [2.05, 4.69) is 5.32 Å². The minimum absolute atomic E-state index is 0.241. The summed E-state index contributed by atoms with van der Waals surface area (Å²) in [4.78, 5) is 61.3. The molecular formula is C19H23N3O8. The monoisotopic (exact) mass is 422 g/mol. The Bertz CT molecular complexity index is 923. The molecule has 162 valence electrons. The van der Waals surface area contributed by atoms with Crippen molar-refractivity contribution in [2.45, 2.75) is 44.4 Å². The van der Waals surface area contributed by atoms with Crippen molar-refractivity contribution in [2.75, 3.05) is 11.9 Å². The second-order valence-corrected chi connectivity index (χ2v) is 6.91. The van der Waals surface area contributed by atoms with Gasteiger partial charge in [0.15, 0.2) is 1.41 Å². The number of nitrogens with zero attached hydrogens (tertiary/aromatic N) is 1. The van der Waals surface area contributed by atoms with Crippen molar-refractivity contribution >= 4 is 35.3 Å². The number of carbonyl (C=O) groups excluding carboxylic acids is 3. The lowest BCUT2D eigenvalue weighted by Gasteiger charge is -2.38. The van der Waals surface area contributed by atoms with Crippen LogP contribution in [0.5, 0.6) is 5.75 Å². The Morgan fingerprint density at radius 1 is 1.27 bits per heavy atom. The average Bonchev–Trinajstić information content (AvgIpc) is 2.72. The Kier molecular flexibility index (Phi) is 6.19. The molecule has 3 atom stereocenters. The first-order chi connectivity index (χ1) is 14.4. The molecule has 0 spiro atoms. The summed E-state index contributed by atoms with van der Waals surface area (Å²) < 4.78 is 13.7. The minimum Gasteiger partial charge on any atom is -0.481 e. The van der Waals surface area contributed by atoms with E-state index in [1.54, 1.807) is 24.3 Å². The number of ether oxygens (including phenoxy) is 1. The summed E-state index contributed by atoms with van der Waals surface area (Å²) in [6.45, 7) is 2.36. The van der Waals surface area contributed by atoms with Gasteiger partial charge < -0.3 is 30.5 Å². The number of para-hydroxylation sites is 2. The zero-order valence-electron chi connectivity index (χ0n) is 17.6. The van der Waals surface area contributed by atoms with Gasteiger partial charge >= 0.3 is 11.9 Å². The summed E-state index contributed by atoms with van der Waals surface area (Å²) in [5.74, 6) is -5.33. The third-order valence-corrected chi connectivity index (χ3v) is 4.61. The van der Waals surface area contributed by atoms with Gasteiger partial charge in [0.2, 0.25) is 5.91 Å². The van der Waals surface area contributed by atoms with Gasteiger partial charge in [0.25, 0.3) is 17.4 Å². The fraction of sp³-hybridized carbons (Fsp3) is 0.421. The molecule has 11 heteroatoms. The molecule has 3 amide bonds. The van der Waals surface area contributed by atoms with Gasteiger partial charge in [0.1, 0.15) is 17.8 Å². The van der Waals surface area contributed by atoms with Gasteiger partial charge in [-0.3, -0.25) is 19.2 Å². The predicted molar refractivity (Wildman–Crippen MR) is 103 cm³/mol. The van der Waals surface area contributed by atoms with Gasteiger partial charge in [-0.15, -0.1) is 0 Å². The molecule has 0 saturated heterocycles. The highest BCUT2D eigenvalue weighted by Crippen LogP contribution is 2.36. The fourth-order valence-corrected chi connectivity index (χ4v) is 2.82. The molecule has 0 aromatic heterocycles. The molecule has 0 radical (unpaired) electrons. The first-order valence-corrected chi connectivity index (χ1v) is 9.03. The Hall–Kier alpha value is -3.63. The molecule has 1 aromatic rings. The zero-order chi connectivity index (χ0) is 23.5. The summed E-state index contributed by atoms with van der Waals surface area (Å²) in [6, 6.07) is 3.49. The Morgan fingerprint density at radius 3 is 2.50 bits per heavy atom. The van der Waals surface area contributed by atoms with Gasteiger partial charge in [-0.05, 0) is 32.4 Å². The molecule has 11 nitrogen and oxygen atoms in total. The molecule has 1 aliphatic heterocycles. The maximum atomic E-state index is 13.0. The van der Waals surface area contributed by atoms with E-state index in [1.807, 2.05) is 0 Å². The van der Waals surface area contributed by atoms with E-state index in [9.17, 15) is 24.0 Å². The van der Waals surface area contributed by atoms with E-state index in [4.69, 9.17) is 16.4 Å². The van der Waals surface area contributed by atoms with Crippen LogP contribution in [0.2, 0.25) is 1.41 Å². The van der Waals surface area contributed by atoms with Crippen LogP contribution < -0.4 is 20.3 Å². The van der Waals surface area contributed by atoms with Crippen molar-refractivity contribution in [3.05, 3.63) is 24.3 Å². The number of likely N-dealkylation sites (N-methyl/N-ethyl adjacent to an activating group) is 1. The largest absolute Gasteiger partial charge is 0.481 e. The molecular weight excluding hydrogens is 398 g/mol. The number of hydrogen-bond acceptors (Lipinski definition) is 6. The van der Waals surface area contributed by atoms with Crippen molar-refractivity contribution < 1.29 is 40.3 Å². The lowest BCUT2D eigenvalue weighted by atomic mass is 10.00. The van der Waals surface area contributed by atoms with Gasteiger partial charge in [-0.25, -0.2) is 4.79 Å². The number of aliphatic carboxylic acids is 2. The SMILES string of the molecule is [2H]N(C(=O)C1(C)Oc2ccccc2N(C)C1=O)[C@@H](C)C(=O)N[C@@H](CCC(=O)O)C(=O)O. The van der Waals surface area contributed by atoms with Crippen LogP contribution in [0, 0.1) is 0 Å². The molecule has 1 aromatic carbocycles. The molecule has 4 N–H and O–H groups in total. The number of carbonyl (C=O) groups is 5. The first-order valence-electron chi connectivity index (χ1n) is 9.48. The van der Waals surface area contributed by atoms with Crippen LogP contribution in [0.1, 0.15) is 26.7 Å². The Morgan fingerprint density at radius 2 is 1.90 bits per heavy atom. The highest BCUT2D eigenvalue weighted by molar-refractivity contribution is 6.16. The number of rotatable bonds is 8. The van der Waals surface area contributed by atoms with E-state index in [1.165, 1.54) is 25.8 Å². The molecule has 0 aliphatic carbocycles. The van der Waals surface area contributed by atoms with Crippen molar-refractivity contribution in [1.82, 2.24) is 10.6 Å². The number of benzene rings is 1. The summed E-state index contributed by atoms with van der Waals surface area (Å²) in [6.07, 6.45) is -0.878. The van der Waals surface area contributed by atoms with Crippen LogP contribution in [0.3, 0.4) is 0 Å². The van der Waals surface area contributed by atoms with E-state index in [-0.39, 0.29) is 17.5 Å². The molecule has 0 fully saturated rings. The summed E-state index contributed by atoms with van der Waals surface area (Å²) >= 11 is 0. The van der Waals surface area contributed by atoms with E-state index in [0.717, 1.165) is 0 Å². The molecule has 1 unspecified atom stereocenters. The number of carboxylic acids is 2. The lowest BCUT2D eigenvalue weighted by Crippen LogP contribution is -2.63. The van der Waals surface area contributed by atoms with Crippen LogP contribution in [-0.2, 0) is 24.0 Å². The van der Waals surface area contributed by atoms with Crippen LogP contribution in [0.25, 0.3) is 0 Å². The number of hydrogen-bond donors (Lipinski definition) is 4. The van der Waals surface area contributed by atoms with Gasteiger partial charge in [0, 0.05) is 13.5 Å². The standard InChI is InChI=1S/C19H23N3O8/c1-10(15(25)21-11(16(26)27)8-9-14(23)24)20-17(28)19(2)18(29)22(3)12-6-4-5-7-13(12)30-19/h4-7,10-11H,8-9H2,1-3H3,(H,20,28)(H,21,25)(H,23,24)(H,26,27)/t10-,11-,19?/m0/s1/i/hD. The predicted octanol–water partition coefficient (Wildman–Crippen LogP) is -0.261. The fourth-order valence-electron chi connectivity index (χ4n) is 2.82. The van der Waals surface area contributed by atoms with E-state index < -0.39 is 53.8 Å². The number of amides is 3. The highest BCUT2D eigenvalue weighted by Gasteiger charge is 2.50. The molecule has 1 heterocycles. The molecule has 1 aliphatic rings. The summed E-state index contributed by atoms with van der Waals surface area (Å²) in [5.41, 5.74) is -1.68. The normalized spacial score (nSPS) is 20.2. The van der Waals surface area contributed by atoms with Crippen molar-refractivity contribution in [2.24, 2.45) is 0 Å². The van der Waals surface area contributed by atoms with Crippen molar-refractivity contribution in [3.8, 4) is 5.75 Å². The topological polar surface area (TPSA) is 162 Å². The van der Waals surface area contributed by atoms with Crippen molar-refractivity contribution in [3.63, 3.8) is 0 Å². The second-order valence-electron chi connectivity index (χ2n) is 6.91. The van der Waals surface area contributed by atoms with Gasteiger partial charge in [-0.2, -0.15) is 0 Å². The van der Waals surface area contributed by atoms with Crippen LogP contribution in [0.15, 0.2) is 24.3 Å². The summed E-state index contributed by atoms with van der Waals surface area (Å²) in [5, 5.41) is 20.2. The van der Waals surface area contributed by atoms with Crippen LogP contribution in [-0.4, -0.2) is 64.6 Å². The van der Waals surface area contributed by atoms with Gasteiger partial charge in [-0.1, -0.05) is 12.1 Å². The highest BCUT2D eigenvalue weighted by atomic mass is 16.5. The Labute approximate surface area is 173 Å². The zero-order valence-corrected chi connectivity index (χ0v) is 16.6. The number of nitrogens with one attached hydrogen (secondary N) is 2. The van der Waals surface area contributed by atoms with Gasteiger partial charge in [0.05, 0.1) is 5.69 Å². The molecule has 2 rings (SSSR count). The second kappa shape index (κ2) is 8.80. The average molecular weight is 422 g/mol. The molecule has 0 bridgehead atoms. The van der Waals surface area contributed by atoms with Crippen molar-refractivity contribution in [1.29, 1.82) is 0 Å². The summed E-state index contributed by atoms with van der Waals surface area (Å²) in [7, 11) is 1.44. The third kappa shape index (κ3) is 4.67. The Balaban J connectivity index is 2.17. The van der Waals surface area contributed by atoms with E-state index in [0.29, 0.717) is 5.69 Å². The molecule has 30 heavy (non-hydrogen) atoms.